The summed E-state index contributed by atoms with van der Waals surface area (Å²) in [6, 6.07) is -1.64. The van der Waals surface area contributed by atoms with Gasteiger partial charge in [-0.15, -0.1) is 0 Å². The van der Waals surface area contributed by atoms with Crippen molar-refractivity contribution in [2.75, 3.05) is 20.2 Å². The van der Waals surface area contributed by atoms with Crippen molar-refractivity contribution in [2.45, 2.75) is 19.9 Å². The highest BCUT2D eigenvalue weighted by molar-refractivity contribution is 5.84. The normalized spacial score (nSPS) is 11.4. The van der Waals surface area contributed by atoms with Crippen LogP contribution >= 0.6 is 0 Å². The van der Waals surface area contributed by atoms with Gasteiger partial charge in [0.2, 0.25) is 0 Å². The molecule has 7 heteroatoms. The van der Waals surface area contributed by atoms with Crippen molar-refractivity contribution < 1.29 is 24.2 Å². The van der Waals surface area contributed by atoms with Crippen molar-refractivity contribution in [2.24, 2.45) is 0 Å². The molecule has 1 atom stereocenters. The lowest BCUT2D eigenvalue weighted by atomic mass is 10.3. The van der Waals surface area contributed by atoms with Crippen LogP contribution in [0.2, 0.25) is 0 Å². The fourth-order valence-electron chi connectivity index (χ4n) is 0.829. The minimum Gasteiger partial charge on any atom is -0.480 e. The van der Waals surface area contributed by atoms with Crippen LogP contribution < -0.4 is 5.32 Å². The number of urea groups is 1. The zero-order valence-electron chi connectivity index (χ0n) is 9.52. The third kappa shape index (κ3) is 5.18. The molecule has 7 nitrogen and oxygen atoms in total. The van der Waals surface area contributed by atoms with Gasteiger partial charge in [0, 0.05) is 7.05 Å². The van der Waals surface area contributed by atoms with Gasteiger partial charge in [-0.1, -0.05) is 0 Å². The average Bonchev–Trinajstić information content (AvgIpc) is 2.17. The van der Waals surface area contributed by atoms with E-state index in [9.17, 15) is 14.4 Å². The van der Waals surface area contributed by atoms with E-state index in [1.807, 2.05) is 0 Å². The highest BCUT2D eigenvalue weighted by Gasteiger charge is 2.18. The molecule has 0 unspecified atom stereocenters. The second kappa shape index (κ2) is 6.65. The van der Waals surface area contributed by atoms with Crippen molar-refractivity contribution in [1.29, 1.82) is 0 Å². The molecule has 0 aromatic heterocycles. The fourth-order valence-corrected chi connectivity index (χ4v) is 0.829. The van der Waals surface area contributed by atoms with E-state index in [-0.39, 0.29) is 13.2 Å². The molecule has 2 amide bonds. The quantitative estimate of drug-likeness (QED) is 0.632. The van der Waals surface area contributed by atoms with E-state index in [0.717, 1.165) is 4.90 Å². The van der Waals surface area contributed by atoms with Crippen molar-refractivity contribution >= 4 is 18.0 Å². The molecule has 0 aliphatic rings. The van der Waals surface area contributed by atoms with Gasteiger partial charge in [-0.25, -0.2) is 4.79 Å². The van der Waals surface area contributed by atoms with Crippen LogP contribution in [-0.4, -0.2) is 54.2 Å². The Hall–Kier alpha value is -1.79. The van der Waals surface area contributed by atoms with Crippen molar-refractivity contribution in [3.63, 3.8) is 0 Å². The molecule has 0 rings (SSSR count). The predicted molar refractivity (Wildman–Crippen MR) is 54.9 cm³/mol. The zero-order valence-corrected chi connectivity index (χ0v) is 9.52. The van der Waals surface area contributed by atoms with Gasteiger partial charge in [-0.05, 0) is 13.8 Å². The Kier molecular flexibility index (Phi) is 5.91. The first kappa shape index (κ1) is 14.2. The first-order valence-electron chi connectivity index (χ1n) is 4.78. The highest BCUT2D eigenvalue weighted by atomic mass is 16.5. The summed E-state index contributed by atoms with van der Waals surface area (Å²) in [6.45, 7) is 3.01. The number of carboxylic acid groups (broad SMARTS) is 1. The average molecular weight is 232 g/mol. The van der Waals surface area contributed by atoms with Crippen LogP contribution in [0.4, 0.5) is 4.79 Å². The van der Waals surface area contributed by atoms with Gasteiger partial charge in [0.05, 0.1) is 6.61 Å². The number of hydrogen-bond donors (Lipinski definition) is 2. The molecule has 0 aliphatic carbocycles. The Bertz CT molecular complexity index is 279. The fraction of sp³-hybridized carbons (Fsp3) is 0.667. The van der Waals surface area contributed by atoms with E-state index >= 15 is 0 Å². The number of carboxylic acids is 1. The zero-order chi connectivity index (χ0) is 12.7. The molecule has 0 aromatic carbocycles. The molecule has 0 aliphatic heterocycles. The van der Waals surface area contributed by atoms with Crippen molar-refractivity contribution in [3.05, 3.63) is 0 Å². The first-order chi connectivity index (χ1) is 7.38. The molecule has 16 heavy (non-hydrogen) atoms. The molecular weight excluding hydrogens is 216 g/mol. The van der Waals surface area contributed by atoms with Crippen LogP contribution in [0.5, 0.6) is 0 Å². The number of likely N-dealkylation sites (N-methyl/N-ethyl adjacent to an activating group) is 1. The maximum Gasteiger partial charge on any atom is 0.325 e. The molecule has 0 bridgehead atoms. The molecule has 2 N–H and O–H groups in total. The third-order valence-corrected chi connectivity index (χ3v) is 1.73. The van der Waals surface area contributed by atoms with E-state index in [1.54, 1.807) is 6.92 Å². The van der Waals surface area contributed by atoms with Crippen LogP contribution in [0, 0.1) is 0 Å². The van der Waals surface area contributed by atoms with Crippen LogP contribution in [-0.2, 0) is 14.3 Å². The molecule has 0 saturated heterocycles. The Morgan fingerprint density at radius 1 is 1.44 bits per heavy atom. The molecule has 0 spiro atoms. The molecular formula is C9H16N2O5. The van der Waals surface area contributed by atoms with Crippen LogP contribution in [0.1, 0.15) is 13.8 Å². The van der Waals surface area contributed by atoms with E-state index in [2.05, 4.69) is 10.1 Å². The number of carbonyl (C=O) groups is 3. The standard InChI is InChI=1S/C9H16N2O5/c1-4-16-7(12)5-11(3)9(15)10-6(2)8(13)14/h6H,4-5H2,1-3H3,(H,10,15)(H,13,14)/t6-/m0/s1. The summed E-state index contributed by atoms with van der Waals surface area (Å²) in [7, 11) is 1.38. The molecule has 0 radical (unpaired) electrons. The van der Waals surface area contributed by atoms with Crippen LogP contribution in [0.3, 0.4) is 0 Å². The Morgan fingerprint density at radius 2 is 2.00 bits per heavy atom. The summed E-state index contributed by atoms with van der Waals surface area (Å²) in [5.41, 5.74) is 0. The van der Waals surface area contributed by atoms with Gasteiger partial charge < -0.3 is 20.1 Å². The smallest absolute Gasteiger partial charge is 0.325 e. The van der Waals surface area contributed by atoms with Gasteiger partial charge in [0.15, 0.2) is 0 Å². The van der Waals surface area contributed by atoms with Gasteiger partial charge in [-0.3, -0.25) is 9.59 Å². The van der Waals surface area contributed by atoms with Gasteiger partial charge in [0.25, 0.3) is 0 Å². The van der Waals surface area contributed by atoms with Crippen LogP contribution in [0.15, 0.2) is 0 Å². The summed E-state index contributed by atoms with van der Waals surface area (Å²) in [5.74, 6) is -1.68. The van der Waals surface area contributed by atoms with E-state index < -0.39 is 24.0 Å². The summed E-state index contributed by atoms with van der Waals surface area (Å²) >= 11 is 0. The Labute approximate surface area is 93.4 Å². The highest BCUT2D eigenvalue weighted by Crippen LogP contribution is 1.90. The Balaban J connectivity index is 4.08. The number of ether oxygens (including phenoxy) is 1. The summed E-state index contributed by atoms with van der Waals surface area (Å²) < 4.78 is 4.64. The molecule has 0 saturated carbocycles. The summed E-state index contributed by atoms with van der Waals surface area (Å²) in [5, 5.41) is 10.8. The maximum atomic E-state index is 11.3. The number of rotatable bonds is 5. The number of nitrogens with zero attached hydrogens (tertiary/aromatic N) is 1. The lowest BCUT2D eigenvalue weighted by Gasteiger charge is -2.18. The lowest BCUT2D eigenvalue weighted by Crippen LogP contribution is -2.46. The number of carbonyl (C=O) groups excluding carboxylic acids is 2. The van der Waals surface area contributed by atoms with Gasteiger partial charge in [0.1, 0.15) is 12.6 Å². The second-order valence-electron chi connectivity index (χ2n) is 3.17. The third-order valence-electron chi connectivity index (χ3n) is 1.73. The summed E-state index contributed by atoms with van der Waals surface area (Å²) in [6.07, 6.45) is 0. The lowest BCUT2D eigenvalue weighted by molar-refractivity contribution is -0.143. The molecule has 0 heterocycles. The minimum absolute atomic E-state index is 0.216. The van der Waals surface area contributed by atoms with Gasteiger partial charge >= 0.3 is 18.0 Å². The molecule has 0 fully saturated rings. The largest absolute Gasteiger partial charge is 0.480 e. The van der Waals surface area contributed by atoms with Gasteiger partial charge in [-0.2, -0.15) is 0 Å². The SMILES string of the molecule is CCOC(=O)CN(C)C(=O)N[C@@H](C)C(=O)O. The van der Waals surface area contributed by atoms with Crippen LogP contribution in [0.25, 0.3) is 0 Å². The van der Waals surface area contributed by atoms with E-state index in [1.165, 1.54) is 14.0 Å². The van der Waals surface area contributed by atoms with Crippen molar-refractivity contribution in [3.8, 4) is 0 Å². The molecule has 92 valence electrons. The van der Waals surface area contributed by atoms with Crippen molar-refractivity contribution in [1.82, 2.24) is 10.2 Å². The number of hydrogen-bond acceptors (Lipinski definition) is 4. The first-order valence-corrected chi connectivity index (χ1v) is 4.78. The number of amides is 2. The molecule has 0 aromatic rings. The van der Waals surface area contributed by atoms with E-state index in [4.69, 9.17) is 5.11 Å². The predicted octanol–water partition coefficient (Wildman–Crippen LogP) is -0.336. The number of esters is 1. The summed E-state index contributed by atoms with van der Waals surface area (Å²) in [4.78, 5) is 33.9. The maximum absolute atomic E-state index is 11.3. The monoisotopic (exact) mass is 232 g/mol. The number of nitrogens with one attached hydrogen (secondary N) is 1. The second-order valence-corrected chi connectivity index (χ2v) is 3.17. The van der Waals surface area contributed by atoms with E-state index in [0.29, 0.717) is 0 Å². The Morgan fingerprint density at radius 3 is 2.44 bits per heavy atom. The number of aliphatic carboxylic acids is 1. The minimum atomic E-state index is -1.14. The topological polar surface area (TPSA) is 95.9 Å².